The second-order valence-electron chi connectivity index (χ2n) is 9.25. The summed E-state index contributed by atoms with van der Waals surface area (Å²) >= 11 is 0. The Labute approximate surface area is 204 Å². The first-order valence-corrected chi connectivity index (χ1v) is 12.7. The Morgan fingerprint density at radius 1 is 1.17 bits per heavy atom. The van der Waals surface area contributed by atoms with E-state index in [9.17, 15) is 26.4 Å². The Bertz CT molecular complexity index is 1120. The Morgan fingerprint density at radius 2 is 1.86 bits per heavy atom. The molecule has 10 heteroatoms. The van der Waals surface area contributed by atoms with E-state index in [4.69, 9.17) is 4.74 Å². The number of alkyl halides is 3. The van der Waals surface area contributed by atoms with Crippen molar-refractivity contribution in [1.82, 2.24) is 4.90 Å². The van der Waals surface area contributed by atoms with E-state index < -0.39 is 21.0 Å². The Kier molecular flexibility index (Phi) is 8.16. The quantitative estimate of drug-likeness (QED) is 0.293. The summed E-state index contributed by atoms with van der Waals surface area (Å²) in [5, 5.41) is 0. The van der Waals surface area contributed by atoms with Crippen LogP contribution in [0.1, 0.15) is 31.4 Å². The minimum atomic E-state index is -5.74. The SMILES string of the molecule is COC(=O)[C@@H](Cc1ccccc1)CN1CC[C@@](C)(c2cccc(OS(=O)(=O)C(F)(F)F)c2)[C@@H](C)C1. The molecule has 0 aliphatic carbocycles. The van der Waals surface area contributed by atoms with Gasteiger partial charge in [-0.3, -0.25) is 4.79 Å². The van der Waals surface area contributed by atoms with Gasteiger partial charge in [-0.15, -0.1) is 0 Å². The van der Waals surface area contributed by atoms with Crippen molar-refractivity contribution in [2.24, 2.45) is 11.8 Å². The molecule has 1 saturated heterocycles. The summed E-state index contributed by atoms with van der Waals surface area (Å²) in [5.41, 5.74) is -4.17. The Morgan fingerprint density at radius 3 is 2.46 bits per heavy atom. The number of benzene rings is 2. The molecule has 1 heterocycles. The molecular weight excluding hydrogens is 483 g/mol. The molecule has 0 spiro atoms. The van der Waals surface area contributed by atoms with Crippen LogP contribution in [0.2, 0.25) is 0 Å². The van der Waals surface area contributed by atoms with Crippen LogP contribution in [0.25, 0.3) is 0 Å². The number of likely N-dealkylation sites (tertiary alicyclic amines) is 1. The monoisotopic (exact) mass is 513 g/mol. The number of ether oxygens (including phenoxy) is 1. The van der Waals surface area contributed by atoms with Crippen LogP contribution in [0, 0.1) is 11.8 Å². The summed E-state index contributed by atoms with van der Waals surface area (Å²) in [6.07, 6.45) is 1.23. The summed E-state index contributed by atoms with van der Waals surface area (Å²) in [5.74, 6) is -0.904. The van der Waals surface area contributed by atoms with Crippen LogP contribution in [-0.4, -0.2) is 51.5 Å². The first-order chi connectivity index (χ1) is 16.4. The second kappa shape index (κ2) is 10.6. The number of hydrogen-bond acceptors (Lipinski definition) is 6. The molecule has 1 fully saturated rings. The highest BCUT2D eigenvalue weighted by molar-refractivity contribution is 7.88. The number of halogens is 3. The number of nitrogens with zero attached hydrogens (tertiary/aromatic N) is 1. The molecule has 3 atom stereocenters. The fourth-order valence-corrected chi connectivity index (χ4v) is 5.04. The van der Waals surface area contributed by atoms with E-state index in [1.54, 1.807) is 6.07 Å². The molecular formula is C25H30F3NO5S. The van der Waals surface area contributed by atoms with Gasteiger partial charge in [0.1, 0.15) is 5.75 Å². The molecule has 192 valence electrons. The van der Waals surface area contributed by atoms with Crippen molar-refractivity contribution in [3.8, 4) is 5.75 Å². The summed E-state index contributed by atoms with van der Waals surface area (Å²) in [7, 11) is -4.36. The van der Waals surface area contributed by atoms with Crippen LogP contribution >= 0.6 is 0 Å². The van der Waals surface area contributed by atoms with E-state index in [0.717, 1.165) is 5.56 Å². The maximum Gasteiger partial charge on any atom is 0.534 e. The number of carbonyl (C=O) groups is 1. The lowest BCUT2D eigenvalue weighted by Crippen LogP contribution is -2.49. The maximum absolute atomic E-state index is 12.7. The van der Waals surface area contributed by atoms with Crippen LogP contribution in [0.4, 0.5) is 13.2 Å². The van der Waals surface area contributed by atoms with Gasteiger partial charge in [0, 0.05) is 13.1 Å². The van der Waals surface area contributed by atoms with Gasteiger partial charge in [-0.25, -0.2) is 0 Å². The van der Waals surface area contributed by atoms with Gasteiger partial charge in [0.15, 0.2) is 0 Å². The van der Waals surface area contributed by atoms with Gasteiger partial charge in [0.05, 0.1) is 13.0 Å². The topological polar surface area (TPSA) is 72.9 Å². The molecule has 0 bridgehead atoms. The van der Waals surface area contributed by atoms with Crippen molar-refractivity contribution in [3.05, 3.63) is 65.7 Å². The zero-order valence-electron chi connectivity index (χ0n) is 19.9. The fourth-order valence-electron chi connectivity index (χ4n) is 4.59. The van der Waals surface area contributed by atoms with Gasteiger partial charge in [-0.05, 0) is 54.0 Å². The van der Waals surface area contributed by atoms with Crippen molar-refractivity contribution < 1.29 is 35.3 Å². The highest BCUT2D eigenvalue weighted by Gasteiger charge is 2.48. The number of esters is 1. The molecule has 2 aromatic rings. The van der Waals surface area contributed by atoms with Crippen LogP contribution in [-0.2, 0) is 31.5 Å². The van der Waals surface area contributed by atoms with E-state index in [0.29, 0.717) is 38.0 Å². The molecule has 0 aromatic heterocycles. The van der Waals surface area contributed by atoms with E-state index in [2.05, 4.69) is 9.08 Å². The van der Waals surface area contributed by atoms with Gasteiger partial charge in [-0.2, -0.15) is 21.6 Å². The van der Waals surface area contributed by atoms with Crippen LogP contribution in [0.3, 0.4) is 0 Å². The zero-order chi connectivity index (χ0) is 25.9. The van der Waals surface area contributed by atoms with Crippen molar-refractivity contribution in [1.29, 1.82) is 0 Å². The number of carbonyl (C=O) groups excluding carboxylic acids is 1. The van der Waals surface area contributed by atoms with Crippen LogP contribution in [0.15, 0.2) is 54.6 Å². The van der Waals surface area contributed by atoms with Gasteiger partial charge in [-0.1, -0.05) is 56.3 Å². The second-order valence-corrected chi connectivity index (χ2v) is 10.8. The normalized spacial score (nSPS) is 22.4. The predicted molar refractivity (Wildman–Crippen MR) is 125 cm³/mol. The first kappa shape index (κ1) is 27.0. The standard InChI is InChI=1S/C25H30F3NO5S/c1-18-16-29(17-20(23(30)33-3)14-19-8-5-4-6-9-19)13-12-24(18,2)21-10-7-11-22(15-21)34-35(31,32)25(26,27)28/h4-11,15,18,20H,12-14,16-17H2,1-3H3/t18-,20-,24+/m0/s1. The molecule has 0 N–H and O–H groups in total. The average Bonchev–Trinajstić information content (AvgIpc) is 2.80. The largest absolute Gasteiger partial charge is 0.534 e. The molecule has 35 heavy (non-hydrogen) atoms. The average molecular weight is 514 g/mol. The lowest BCUT2D eigenvalue weighted by atomic mass is 9.68. The number of methoxy groups -OCH3 is 1. The zero-order valence-corrected chi connectivity index (χ0v) is 20.7. The smallest absolute Gasteiger partial charge is 0.469 e. The molecule has 0 radical (unpaired) electrons. The van der Waals surface area contributed by atoms with E-state index >= 15 is 0 Å². The molecule has 6 nitrogen and oxygen atoms in total. The van der Waals surface area contributed by atoms with E-state index in [1.807, 2.05) is 44.2 Å². The van der Waals surface area contributed by atoms with Crippen molar-refractivity contribution >= 4 is 16.1 Å². The van der Waals surface area contributed by atoms with Gasteiger partial charge in [0.2, 0.25) is 0 Å². The van der Waals surface area contributed by atoms with Gasteiger partial charge >= 0.3 is 21.6 Å². The third kappa shape index (κ3) is 6.35. The highest BCUT2D eigenvalue weighted by atomic mass is 32.2. The maximum atomic E-state index is 12.7. The summed E-state index contributed by atoms with van der Waals surface area (Å²) in [4.78, 5) is 14.7. The molecule has 0 unspecified atom stereocenters. The molecule has 1 aliphatic heterocycles. The minimum absolute atomic E-state index is 0.0701. The number of hydrogen-bond donors (Lipinski definition) is 0. The highest BCUT2D eigenvalue weighted by Crippen LogP contribution is 2.41. The van der Waals surface area contributed by atoms with Crippen LogP contribution < -0.4 is 4.18 Å². The number of rotatable bonds is 8. The van der Waals surface area contributed by atoms with E-state index in [-0.39, 0.29) is 23.6 Å². The summed E-state index contributed by atoms with van der Waals surface area (Å²) < 4.78 is 70.4. The van der Waals surface area contributed by atoms with E-state index in [1.165, 1.54) is 25.3 Å². The van der Waals surface area contributed by atoms with Crippen LogP contribution in [0.5, 0.6) is 5.75 Å². The first-order valence-electron chi connectivity index (χ1n) is 11.3. The van der Waals surface area contributed by atoms with Gasteiger partial charge in [0.25, 0.3) is 0 Å². The fraction of sp³-hybridized carbons (Fsp3) is 0.480. The van der Waals surface area contributed by atoms with Crippen molar-refractivity contribution in [2.45, 2.75) is 37.6 Å². The summed E-state index contributed by atoms with van der Waals surface area (Å²) in [6.45, 7) is 5.89. The number of piperidine rings is 1. The lowest BCUT2D eigenvalue weighted by Gasteiger charge is -2.45. The predicted octanol–water partition coefficient (Wildman–Crippen LogP) is 4.55. The lowest BCUT2D eigenvalue weighted by molar-refractivity contribution is -0.146. The van der Waals surface area contributed by atoms with Crippen molar-refractivity contribution in [3.63, 3.8) is 0 Å². The third-order valence-electron chi connectivity index (χ3n) is 6.89. The molecule has 0 amide bonds. The summed E-state index contributed by atoms with van der Waals surface area (Å²) in [6, 6.07) is 15.5. The molecule has 2 aromatic carbocycles. The molecule has 1 aliphatic rings. The van der Waals surface area contributed by atoms with Crippen molar-refractivity contribution in [2.75, 3.05) is 26.7 Å². The third-order valence-corrected chi connectivity index (χ3v) is 7.87. The molecule has 3 rings (SSSR count). The van der Waals surface area contributed by atoms with Gasteiger partial charge < -0.3 is 13.8 Å². The Hall–Kier alpha value is -2.59. The Balaban J connectivity index is 1.72. The molecule has 0 saturated carbocycles. The minimum Gasteiger partial charge on any atom is -0.469 e.